The summed E-state index contributed by atoms with van der Waals surface area (Å²) in [6, 6.07) is 5.56. The van der Waals surface area contributed by atoms with E-state index in [4.69, 9.17) is 10.5 Å². The van der Waals surface area contributed by atoms with Crippen LogP contribution < -0.4 is 5.73 Å². The maximum atomic E-state index is 6.32. The minimum absolute atomic E-state index is 0.164. The van der Waals surface area contributed by atoms with E-state index in [0.717, 1.165) is 13.2 Å². The predicted octanol–water partition coefficient (Wildman–Crippen LogP) is 2.70. The van der Waals surface area contributed by atoms with Gasteiger partial charge in [0.2, 0.25) is 0 Å². The summed E-state index contributed by atoms with van der Waals surface area (Å²) < 4.78 is 5.92. The second kappa shape index (κ2) is 5.52. The number of aryl methyl sites for hydroxylation is 1. The van der Waals surface area contributed by atoms with E-state index >= 15 is 0 Å². The molecule has 4 atom stereocenters. The summed E-state index contributed by atoms with van der Waals surface area (Å²) in [5.41, 5.74) is 6.32. The molecule has 0 amide bonds. The van der Waals surface area contributed by atoms with Gasteiger partial charge in [0.05, 0.1) is 18.8 Å². The van der Waals surface area contributed by atoms with E-state index in [1.165, 1.54) is 29.0 Å². The van der Waals surface area contributed by atoms with Crippen LogP contribution in [0.5, 0.6) is 0 Å². The van der Waals surface area contributed by atoms with Crippen molar-refractivity contribution in [3.8, 4) is 0 Å². The van der Waals surface area contributed by atoms with Crippen LogP contribution in [-0.4, -0.2) is 36.2 Å². The Kier molecular flexibility index (Phi) is 3.94. The number of thiophene rings is 1. The largest absolute Gasteiger partial charge is 0.375 e. The van der Waals surface area contributed by atoms with Crippen molar-refractivity contribution in [3.05, 3.63) is 21.9 Å². The smallest absolute Gasteiger partial charge is 0.0731 e. The SMILES string of the molecule is Cc1ccc(C(C(C)N)N2CCOC3CCCC32)s1. The van der Waals surface area contributed by atoms with E-state index in [1.54, 1.807) is 0 Å². The Balaban J connectivity index is 1.87. The van der Waals surface area contributed by atoms with Gasteiger partial charge in [-0.05, 0) is 45.2 Å². The Labute approximate surface area is 119 Å². The zero-order valence-corrected chi connectivity index (χ0v) is 12.7. The van der Waals surface area contributed by atoms with E-state index in [-0.39, 0.29) is 6.04 Å². The van der Waals surface area contributed by atoms with Crippen LogP contribution in [-0.2, 0) is 4.74 Å². The fourth-order valence-electron chi connectivity index (χ4n) is 3.64. The van der Waals surface area contributed by atoms with Gasteiger partial charge in [-0.15, -0.1) is 11.3 Å². The molecule has 1 saturated heterocycles. The second-order valence-corrected chi connectivity index (χ2v) is 7.22. The highest BCUT2D eigenvalue weighted by Crippen LogP contribution is 2.38. The van der Waals surface area contributed by atoms with Gasteiger partial charge in [0.1, 0.15) is 0 Å². The van der Waals surface area contributed by atoms with Gasteiger partial charge in [-0.2, -0.15) is 0 Å². The molecule has 0 aromatic carbocycles. The number of nitrogens with two attached hydrogens (primary N) is 1. The topological polar surface area (TPSA) is 38.5 Å². The zero-order valence-electron chi connectivity index (χ0n) is 11.8. The molecular formula is C15H24N2OS. The normalized spacial score (nSPS) is 31.1. The highest BCUT2D eigenvalue weighted by atomic mass is 32.1. The van der Waals surface area contributed by atoms with Crippen LogP contribution in [0, 0.1) is 6.92 Å². The summed E-state index contributed by atoms with van der Waals surface area (Å²) in [5.74, 6) is 0. The molecule has 1 aromatic rings. The summed E-state index contributed by atoms with van der Waals surface area (Å²) in [4.78, 5) is 5.41. The van der Waals surface area contributed by atoms with Crippen molar-refractivity contribution < 1.29 is 4.74 Å². The molecule has 0 spiro atoms. The van der Waals surface area contributed by atoms with E-state index in [0.29, 0.717) is 18.2 Å². The summed E-state index contributed by atoms with van der Waals surface area (Å²) in [6.07, 6.45) is 4.21. The van der Waals surface area contributed by atoms with Gasteiger partial charge >= 0.3 is 0 Å². The van der Waals surface area contributed by atoms with Gasteiger partial charge in [-0.1, -0.05) is 0 Å². The maximum Gasteiger partial charge on any atom is 0.0731 e. The monoisotopic (exact) mass is 280 g/mol. The van der Waals surface area contributed by atoms with Crippen LogP contribution in [0.25, 0.3) is 0 Å². The molecule has 19 heavy (non-hydrogen) atoms. The molecular weight excluding hydrogens is 256 g/mol. The first kappa shape index (κ1) is 13.6. The third-order valence-corrected chi connectivity index (χ3v) is 5.50. The lowest BCUT2D eigenvalue weighted by Gasteiger charge is -2.43. The van der Waals surface area contributed by atoms with Crippen molar-refractivity contribution in [3.63, 3.8) is 0 Å². The lowest BCUT2D eigenvalue weighted by Crippen LogP contribution is -2.53. The fourth-order valence-corrected chi connectivity index (χ4v) is 4.75. The fraction of sp³-hybridized carbons (Fsp3) is 0.733. The number of rotatable bonds is 3. The summed E-state index contributed by atoms with van der Waals surface area (Å²) in [5, 5.41) is 0. The molecule has 1 saturated carbocycles. The first-order valence-electron chi connectivity index (χ1n) is 7.36. The lowest BCUT2D eigenvalue weighted by molar-refractivity contribution is -0.0747. The first-order chi connectivity index (χ1) is 9.16. The average molecular weight is 280 g/mol. The number of fused-ring (bicyclic) bond motifs is 1. The van der Waals surface area contributed by atoms with Gasteiger partial charge in [0.15, 0.2) is 0 Å². The third kappa shape index (κ3) is 2.59. The van der Waals surface area contributed by atoms with Gasteiger partial charge in [-0.25, -0.2) is 0 Å². The van der Waals surface area contributed by atoms with Crippen LogP contribution in [0.3, 0.4) is 0 Å². The van der Waals surface area contributed by atoms with Crippen molar-refractivity contribution in [2.45, 2.75) is 57.3 Å². The standard InChI is InChI=1S/C15H24N2OS/c1-10-6-7-14(19-10)15(11(2)16)17-8-9-18-13-5-3-4-12(13)17/h6-7,11-13,15H,3-5,8-9,16H2,1-2H3. The number of hydrogen-bond acceptors (Lipinski definition) is 4. The molecule has 1 aromatic heterocycles. The van der Waals surface area contributed by atoms with Crippen LogP contribution in [0.15, 0.2) is 12.1 Å². The molecule has 0 bridgehead atoms. The number of ether oxygens (including phenoxy) is 1. The maximum absolute atomic E-state index is 6.32. The molecule has 0 radical (unpaired) electrons. The highest BCUT2D eigenvalue weighted by Gasteiger charge is 2.40. The van der Waals surface area contributed by atoms with Crippen molar-refractivity contribution in [2.24, 2.45) is 5.73 Å². The van der Waals surface area contributed by atoms with Gasteiger partial charge in [0.25, 0.3) is 0 Å². The molecule has 4 unspecified atom stereocenters. The van der Waals surface area contributed by atoms with Gasteiger partial charge in [0, 0.05) is 28.4 Å². The molecule has 2 N–H and O–H groups in total. The van der Waals surface area contributed by atoms with Crippen molar-refractivity contribution >= 4 is 11.3 Å². The minimum atomic E-state index is 0.164. The molecule has 4 heteroatoms. The molecule has 2 fully saturated rings. The molecule has 3 nitrogen and oxygen atoms in total. The predicted molar refractivity (Wildman–Crippen MR) is 79.5 cm³/mol. The Morgan fingerprint density at radius 1 is 1.42 bits per heavy atom. The molecule has 1 aliphatic heterocycles. The number of morpholine rings is 1. The van der Waals surface area contributed by atoms with Crippen molar-refractivity contribution in [2.75, 3.05) is 13.2 Å². The molecule has 2 aliphatic rings. The summed E-state index contributed by atoms with van der Waals surface area (Å²) in [6.45, 7) is 6.18. The number of hydrogen-bond donors (Lipinski definition) is 1. The molecule has 2 heterocycles. The lowest BCUT2D eigenvalue weighted by atomic mass is 10.0. The highest BCUT2D eigenvalue weighted by molar-refractivity contribution is 7.12. The Bertz CT molecular complexity index is 432. The Morgan fingerprint density at radius 3 is 2.95 bits per heavy atom. The van der Waals surface area contributed by atoms with Crippen LogP contribution in [0.2, 0.25) is 0 Å². The van der Waals surface area contributed by atoms with Crippen LogP contribution >= 0.6 is 11.3 Å². The second-order valence-electron chi connectivity index (χ2n) is 5.90. The third-order valence-electron chi connectivity index (χ3n) is 4.43. The Hall–Kier alpha value is -0.420. The van der Waals surface area contributed by atoms with Crippen LogP contribution in [0.1, 0.15) is 42.0 Å². The van der Waals surface area contributed by atoms with E-state index in [9.17, 15) is 0 Å². The van der Waals surface area contributed by atoms with E-state index in [1.807, 2.05) is 11.3 Å². The van der Waals surface area contributed by atoms with E-state index in [2.05, 4.69) is 30.9 Å². The first-order valence-corrected chi connectivity index (χ1v) is 8.17. The minimum Gasteiger partial charge on any atom is -0.375 e. The van der Waals surface area contributed by atoms with Crippen molar-refractivity contribution in [1.29, 1.82) is 0 Å². The molecule has 106 valence electrons. The van der Waals surface area contributed by atoms with E-state index < -0.39 is 0 Å². The molecule has 1 aliphatic carbocycles. The summed E-state index contributed by atoms with van der Waals surface area (Å²) >= 11 is 1.89. The van der Waals surface area contributed by atoms with Crippen LogP contribution in [0.4, 0.5) is 0 Å². The number of nitrogens with zero attached hydrogens (tertiary/aromatic N) is 1. The molecule has 3 rings (SSSR count). The summed E-state index contributed by atoms with van der Waals surface area (Å²) in [7, 11) is 0. The van der Waals surface area contributed by atoms with Gasteiger partial charge < -0.3 is 10.5 Å². The van der Waals surface area contributed by atoms with Gasteiger partial charge in [-0.3, -0.25) is 4.90 Å². The Morgan fingerprint density at radius 2 is 2.26 bits per heavy atom. The zero-order chi connectivity index (χ0) is 13.4. The van der Waals surface area contributed by atoms with Crippen molar-refractivity contribution in [1.82, 2.24) is 4.90 Å². The average Bonchev–Trinajstić information content (AvgIpc) is 2.98. The quantitative estimate of drug-likeness (QED) is 0.925.